The van der Waals surface area contributed by atoms with Gasteiger partial charge in [-0.1, -0.05) is 24.8 Å². The molecule has 0 saturated heterocycles. The van der Waals surface area contributed by atoms with E-state index in [2.05, 4.69) is 16.5 Å². The van der Waals surface area contributed by atoms with Gasteiger partial charge in [0, 0.05) is 0 Å². The van der Waals surface area contributed by atoms with Gasteiger partial charge in [0.15, 0.2) is 0 Å². The monoisotopic (exact) mass is 186 g/mol. The number of aliphatic hydroxyl groups excluding tert-OH is 1. The van der Waals surface area contributed by atoms with Gasteiger partial charge in [-0.2, -0.15) is 0 Å². The predicted octanol–water partition coefficient (Wildman–Crippen LogP) is 1.93. The van der Waals surface area contributed by atoms with Gasteiger partial charge in [-0.05, 0) is 24.4 Å². The number of hydrogen-bond donors (Lipinski definition) is 1. The van der Waals surface area contributed by atoms with Crippen LogP contribution in [0.25, 0.3) is 0 Å². The van der Waals surface area contributed by atoms with Crippen LogP contribution in [0.2, 0.25) is 0 Å². The first-order chi connectivity index (χ1) is 5.79. The third-order valence-electron chi connectivity index (χ3n) is 1.76. The molecule has 0 fully saturated rings. The minimum absolute atomic E-state index is 0.369. The molecule has 1 rings (SSSR count). The Kier molecular flexibility index (Phi) is 3.62. The van der Waals surface area contributed by atoms with Crippen LogP contribution in [0.15, 0.2) is 0 Å². The number of aryl methyl sites for hydroxylation is 1. The van der Waals surface area contributed by atoms with Gasteiger partial charge in [0.25, 0.3) is 0 Å². The molecule has 12 heavy (non-hydrogen) atoms. The standard InChI is InChI=1S/C8H14N2OS/c1-3-5-6-8(7(11)4-2)12-10-9-6/h7,11H,3-5H2,1-2H3. The van der Waals surface area contributed by atoms with Crippen molar-refractivity contribution in [3.8, 4) is 0 Å². The Morgan fingerprint density at radius 1 is 1.50 bits per heavy atom. The molecule has 0 radical (unpaired) electrons. The molecule has 1 aromatic heterocycles. The van der Waals surface area contributed by atoms with Crippen molar-refractivity contribution in [1.29, 1.82) is 0 Å². The maximum Gasteiger partial charge on any atom is 0.0914 e. The molecule has 0 aliphatic heterocycles. The van der Waals surface area contributed by atoms with Crippen LogP contribution in [-0.4, -0.2) is 14.7 Å². The zero-order chi connectivity index (χ0) is 8.97. The van der Waals surface area contributed by atoms with Crippen molar-refractivity contribution in [2.24, 2.45) is 0 Å². The molecule has 3 nitrogen and oxygen atoms in total. The Morgan fingerprint density at radius 2 is 2.25 bits per heavy atom. The van der Waals surface area contributed by atoms with E-state index in [4.69, 9.17) is 0 Å². The fourth-order valence-corrected chi connectivity index (χ4v) is 1.83. The SMILES string of the molecule is CCCc1nnsc1C(O)CC. The molecule has 0 saturated carbocycles. The van der Waals surface area contributed by atoms with Crippen LogP contribution in [-0.2, 0) is 6.42 Å². The van der Waals surface area contributed by atoms with E-state index in [0.717, 1.165) is 29.8 Å². The lowest BCUT2D eigenvalue weighted by molar-refractivity contribution is 0.176. The molecule has 68 valence electrons. The zero-order valence-electron chi connectivity index (χ0n) is 7.45. The first-order valence-corrected chi connectivity index (χ1v) is 5.06. The van der Waals surface area contributed by atoms with Crippen molar-refractivity contribution in [2.75, 3.05) is 0 Å². The van der Waals surface area contributed by atoms with E-state index in [1.165, 1.54) is 11.5 Å². The highest BCUT2D eigenvalue weighted by Crippen LogP contribution is 2.23. The maximum absolute atomic E-state index is 9.56. The van der Waals surface area contributed by atoms with Gasteiger partial charge < -0.3 is 5.11 Å². The molecular weight excluding hydrogens is 172 g/mol. The molecule has 0 aromatic carbocycles. The first kappa shape index (κ1) is 9.61. The Balaban J connectivity index is 2.76. The van der Waals surface area contributed by atoms with Crippen LogP contribution in [0.3, 0.4) is 0 Å². The molecule has 4 heteroatoms. The van der Waals surface area contributed by atoms with E-state index in [-0.39, 0.29) is 6.10 Å². The smallest absolute Gasteiger partial charge is 0.0914 e. The van der Waals surface area contributed by atoms with E-state index in [0.29, 0.717) is 0 Å². The second-order valence-corrected chi connectivity index (χ2v) is 3.54. The minimum atomic E-state index is -0.369. The van der Waals surface area contributed by atoms with Gasteiger partial charge in [-0.3, -0.25) is 0 Å². The number of nitrogens with zero attached hydrogens (tertiary/aromatic N) is 2. The van der Waals surface area contributed by atoms with Crippen LogP contribution in [0.5, 0.6) is 0 Å². The van der Waals surface area contributed by atoms with Crippen molar-refractivity contribution >= 4 is 11.5 Å². The largest absolute Gasteiger partial charge is 0.387 e. The van der Waals surface area contributed by atoms with Crippen molar-refractivity contribution in [1.82, 2.24) is 9.59 Å². The second-order valence-electron chi connectivity index (χ2n) is 2.76. The molecule has 1 unspecified atom stereocenters. The van der Waals surface area contributed by atoms with Gasteiger partial charge in [0.05, 0.1) is 16.7 Å². The number of aromatic nitrogens is 2. The van der Waals surface area contributed by atoms with Gasteiger partial charge in [0.2, 0.25) is 0 Å². The summed E-state index contributed by atoms with van der Waals surface area (Å²) in [5.74, 6) is 0. The maximum atomic E-state index is 9.56. The molecule has 0 aliphatic rings. The summed E-state index contributed by atoms with van der Waals surface area (Å²) in [5, 5.41) is 13.5. The second kappa shape index (κ2) is 4.52. The normalized spacial score (nSPS) is 13.2. The molecule has 0 aliphatic carbocycles. The summed E-state index contributed by atoms with van der Waals surface area (Å²) in [5.41, 5.74) is 0.969. The molecule has 0 amide bonds. The summed E-state index contributed by atoms with van der Waals surface area (Å²) in [4.78, 5) is 0.944. The Bertz CT molecular complexity index is 237. The molecule has 1 N–H and O–H groups in total. The number of hydrogen-bond acceptors (Lipinski definition) is 4. The van der Waals surface area contributed by atoms with Gasteiger partial charge in [-0.25, -0.2) is 0 Å². The molecular formula is C8H14N2OS. The van der Waals surface area contributed by atoms with Crippen molar-refractivity contribution in [2.45, 2.75) is 39.2 Å². The first-order valence-electron chi connectivity index (χ1n) is 4.28. The molecule has 1 atom stereocenters. The van der Waals surface area contributed by atoms with E-state index in [1.807, 2.05) is 6.92 Å². The zero-order valence-corrected chi connectivity index (χ0v) is 8.27. The van der Waals surface area contributed by atoms with Crippen molar-refractivity contribution in [3.63, 3.8) is 0 Å². The van der Waals surface area contributed by atoms with E-state index in [9.17, 15) is 5.11 Å². The lowest BCUT2D eigenvalue weighted by Gasteiger charge is -2.04. The summed E-state index contributed by atoms with van der Waals surface area (Å²) >= 11 is 1.31. The lowest BCUT2D eigenvalue weighted by atomic mass is 10.1. The Labute approximate surface area is 76.6 Å². The van der Waals surface area contributed by atoms with E-state index < -0.39 is 0 Å². The number of rotatable bonds is 4. The van der Waals surface area contributed by atoms with Crippen LogP contribution < -0.4 is 0 Å². The van der Waals surface area contributed by atoms with E-state index >= 15 is 0 Å². The van der Waals surface area contributed by atoms with Gasteiger partial charge in [-0.15, -0.1) is 5.10 Å². The molecule has 0 spiro atoms. The summed E-state index contributed by atoms with van der Waals surface area (Å²) in [6.45, 7) is 4.06. The molecule has 1 aromatic rings. The lowest BCUT2D eigenvalue weighted by Crippen LogP contribution is -1.97. The topological polar surface area (TPSA) is 46.0 Å². The van der Waals surface area contributed by atoms with Gasteiger partial charge >= 0.3 is 0 Å². The fraction of sp³-hybridized carbons (Fsp3) is 0.750. The summed E-state index contributed by atoms with van der Waals surface area (Å²) in [7, 11) is 0. The van der Waals surface area contributed by atoms with Crippen molar-refractivity contribution in [3.05, 3.63) is 10.6 Å². The molecule has 0 bridgehead atoms. The highest BCUT2D eigenvalue weighted by Gasteiger charge is 2.13. The highest BCUT2D eigenvalue weighted by molar-refractivity contribution is 7.05. The van der Waals surface area contributed by atoms with Crippen LogP contribution in [0, 0.1) is 0 Å². The summed E-state index contributed by atoms with van der Waals surface area (Å²) in [6, 6.07) is 0. The third-order valence-corrected chi connectivity index (χ3v) is 2.63. The Hall–Kier alpha value is -0.480. The highest BCUT2D eigenvalue weighted by atomic mass is 32.1. The van der Waals surface area contributed by atoms with Crippen molar-refractivity contribution < 1.29 is 5.11 Å². The fourth-order valence-electron chi connectivity index (χ4n) is 1.06. The van der Waals surface area contributed by atoms with Crippen LogP contribution in [0.1, 0.15) is 43.4 Å². The number of aliphatic hydroxyl groups is 1. The van der Waals surface area contributed by atoms with Crippen LogP contribution in [0.4, 0.5) is 0 Å². The minimum Gasteiger partial charge on any atom is -0.387 e. The summed E-state index contributed by atoms with van der Waals surface area (Å²) < 4.78 is 3.84. The quantitative estimate of drug-likeness (QED) is 0.781. The van der Waals surface area contributed by atoms with Gasteiger partial charge in [0.1, 0.15) is 0 Å². The predicted molar refractivity (Wildman–Crippen MR) is 49.2 cm³/mol. The average molecular weight is 186 g/mol. The Morgan fingerprint density at radius 3 is 2.83 bits per heavy atom. The third kappa shape index (κ3) is 2.01. The van der Waals surface area contributed by atoms with Crippen LogP contribution >= 0.6 is 11.5 Å². The molecule has 1 heterocycles. The average Bonchev–Trinajstić information content (AvgIpc) is 2.52. The summed E-state index contributed by atoms with van der Waals surface area (Å²) in [6.07, 6.45) is 2.34. The van der Waals surface area contributed by atoms with E-state index in [1.54, 1.807) is 0 Å².